The van der Waals surface area contributed by atoms with Gasteiger partial charge in [-0.25, -0.2) is 0 Å². The minimum Gasteiger partial charge on any atom is -0.493 e. The molecule has 1 aliphatic heterocycles. The van der Waals surface area contributed by atoms with Crippen LogP contribution in [0.25, 0.3) is 0 Å². The molecule has 1 heterocycles. The van der Waals surface area contributed by atoms with Gasteiger partial charge in [0.25, 0.3) is 11.8 Å². The Bertz CT molecular complexity index is 1000. The number of fused-ring (bicyclic) bond motifs is 1. The van der Waals surface area contributed by atoms with Crippen LogP contribution in [0.1, 0.15) is 71.4 Å². The predicted molar refractivity (Wildman–Crippen MR) is 121 cm³/mol. The van der Waals surface area contributed by atoms with Gasteiger partial charge in [-0.05, 0) is 55.5 Å². The van der Waals surface area contributed by atoms with Crippen LogP contribution in [0.5, 0.6) is 5.75 Å². The third-order valence-electron chi connectivity index (χ3n) is 6.37. The van der Waals surface area contributed by atoms with E-state index < -0.39 is 6.10 Å². The van der Waals surface area contributed by atoms with Crippen LogP contribution in [-0.2, 0) is 9.53 Å². The fraction of sp³-hybridized carbons (Fsp3) is 0.423. The van der Waals surface area contributed by atoms with E-state index >= 15 is 0 Å². The second kappa shape index (κ2) is 10.2. The van der Waals surface area contributed by atoms with Crippen molar-refractivity contribution in [2.75, 3.05) is 13.2 Å². The molecular weight excluding hydrogens is 422 g/mol. The molecule has 0 bridgehead atoms. The molecule has 0 unspecified atom stereocenters. The van der Waals surface area contributed by atoms with Gasteiger partial charge in [0, 0.05) is 19.4 Å². The molecule has 1 aliphatic carbocycles. The summed E-state index contributed by atoms with van der Waals surface area (Å²) in [5.74, 6) is -0.149. The fourth-order valence-corrected chi connectivity index (χ4v) is 4.61. The van der Waals surface area contributed by atoms with Crippen molar-refractivity contribution < 1.29 is 29.0 Å². The first-order valence-corrected chi connectivity index (χ1v) is 11.5. The Morgan fingerprint density at radius 1 is 1.06 bits per heavy atom. The van der Waals surface area contributed by atoms with Gasteiger partial charge in [-0.3, -0.25) is 19.3 Å². The first kappa shape index (κ1) is 23.0. The molecule has 0 saturated heterocycles. The molecule has 1 N–H and O–H groups in total. The van der Waals surface area contributed by atoms with E-state index in [1.165, 1.54) is 11.8 Å². The molecule has 1 fully saturated rings. The Morgan fingerprint density at radius 3 is 2.45 bits per heavy atom. The molecule has 0 spiro atoms. The summed E-state index contributed by atoms with van der Waals surface area (Å²) in [5, 5.41) is 10.7. The zero-order valence-electron chi connectivity index (χ0n) is 18.7. The third kappa shape index (κ3) is 5.25. The van der Waals surface area contributed by atoms with Gasteiger partial charge in [-0.2, -0.15) is 0 Å². The van der Waals surface area contributed by atoms with Crippen LogP contribution in [0.3, 0.4) is 0 Å². The zero-order chi connectivity index (χ0) is 23.4. The zero-order valence-corrected chi connectivity index (χ0v) is 18.7. The molecule has 174 valence electrons. The average Bonchev–Trinajstić information content (AvgIpc) is 3.06. The number of esters is 1. The van der Waals surface area contributed by atoms with Gasteiger partial charge < -0.3 is 14.6 Å². The number of hydrogen-bond acceptors (Lipinski definition) is 6. The highest BCUT2D eigenvalue weighted by molar-refractivity contribution is 6.21. The molecule has 1 saturated carbocycles. The van der Waals surface area contributed by atoms with Gasteiger partial charge in [0.1, 0.15) is 11.9 Å². The number of hydrogen-bond donors (Lipinski definition) is 1. The minimum absolute atomic E-state index is 0.121. The molecule has 2 aromatic rings. The minimum atomic E-state index is -0.846. The highest BCUT2D eigenvalue weighted by Crippen LogP contribution is 2.29. The van der Waals surface area contributed by atoms with Crippen molar-refractivity contribution in [1.82, 2.24) is 4.90 Å². The maximum Gasteiger partial charge on any atom is 0.302 e. The molecule has 7 nitrogen and oxygen atoms in total. The molecule has 2 aromatic carbocycles. The van der Waals surface area contributed by atoms with Gasteiger partial charge in [-0.15, -0.1) is 0 Å². The Kier molecular flexibility index (Phi) is 7.08. The van der Waals surface area contributed by atoms with Crippen molar-refractivity contribution in [3.05, 3.63) is 65.2 Å². The first-order valence-electron chi connectivity index (χ1n) is 11.5. The quantitative estimate of drug-likeness (QED) is 0.483. The van der Waals surface area contributed by atoms with Crippen LogP contribution >= 0.6 is 0 Å². The number of aliphatic hydroxyl groups excluding tert-OH is 1. The topological polar surface area (TPSA) is 93.1 Å². The lowest BCUT2D eigenvalue weighted by molar-refractivity contribution is -0.151. The van der Waals surface area contributed by atoms with Gasteiger partial charge in [-0.1, -0.05) is 30.7 Å². The predicted octanol–water partition coefficient (Wildman–Crippen LogP) is 3.91. The maximum absolute atomic E-state index is 12.5. The number of aliphatic hydroxyl groups is 1. The third-order valence-corrected chi connectivity index (χ3v) is 6.37. The summed E-state index contributed by atoms with van der Waals surface area (Å²) < 4.78 is 11.4. The number of imide groups is 1. The maximum atomic E-state index is 12.5. The second-order valence-corrected chi connectivity index (χ2v) is 8.69. The van der Waals surface area contributed by atoms with Gasteiger partial charge in [0.2, 0.25) is 0 Å². The molecule has 33 heavy (non-hydrogen) atoms. The summed E-state index contributed by atoms with van der Waals surface area (Å²) in [4.78, 5) is 37.6. The van der Waals surface area contributed by atoms with Crippen LogP contribution in [0.15, 0.2) is 48.5 Å². The normalized spacial score (nSPS) is 21.0. The molecule has 0 aromatic heterocycles. The second-order valence-electron chi connectivity index (χ2n) is 8.69. The van der Waals surface area contributed by atoms with Crippen molar-refractivity contribution in [3.8, 4) is 5.75 Å². The van der Waals surface area contributed by atoms with Crippen LogP contribution in [0.2, 0.25) is 0 Å². The monoisotopic (exact) mass is 451 g/mol. The molecule has 7 heteroatoms. The van der Waals surface area contributed by atoms with Crippen LogP contribution in [0.4, 0.5) is 0 Å². The molecule has 3 atom stereocenters. The van der Waals surface area contributed by atoms with E-state index in [9.17, 15) is 19.5 Å². The summed E-state index contributed by atoms with van der Waals surface area (Å²) >= 11 is 0. The lowest BCUT2D eigenvalue weighted by atomic mass is 9.87. The first-order chi connectivity index (χ1) is 15.9. The van der Waals surface area contributed by atoms with Gasteiger partial charge in [0.05, 0.1) is 23.8 Å². The SMILES string of the molecule is CC(=O)O[C@@H]1CCCC[C@@H]1COc1cccc([C@H](O)CCN2C(=O)c3ccccc3C2=O)c1. The highest BCUT2D eigenvalue weighted by Gasteiger charge is 2.35. The van der Waals surface area contributed by atoms with Gasteiger partial charge >= 0.3 is 5.97 Å². The molecule has 2 amide bonds. The lowest BCUT2D eigenvalue weighted by Gasteiger charge is -2.30. The smallest absolute Gasteiger partial charge is 0.302 e. The molecule has 4 rings (SSSR count). The van der Waals surface area contributed by atoms with Crippen molar-refractivity contribution in [2.24, 2.45) is 5.92 Å². The van der Waals surface area contributed by atoms with E-state index in [1.54, 1.807) is 42.5 Å². The number of carbonyl (C=O) groups is 3. The highest BCUT2D eigenvalue weighted by atomic mass is 16.5. The summed E-state index contributed by atoms with van der Waals surface area (Å²) in [6, 6.07) is 13.9. The molecular formula is C26H29NO6. The summed E-state index contributed by atoms with van der Waals surface area (Å²) in [5.41, 5.74) is 1.47. The summed E-state index contributed by atoms with van der Waals surface area (Å²) in [6.07, 6.45) is 3.19. The van der Waals surface area contributed by atoms with Gasteiger partial charge in [0.15, 0.2) is 0 Å². The van der Waals surface area contributed by atoms with Crippen molar-refractivity contribution in [3.63, 3.8) is 0 Å². The average molecular weight is 452 g/mol. The fourth-order valence-electron chi connectivity index (χ4n) is 4.61. The van der Waals surface area contributed by atoms with Crippen LogP contribution in [0, 0.1) is 5.92 Å². The molecule has 0 radical (unpaired) electrons. The van der Waals surface area contributed by atoms with Crippen molar-refractivity contribution in [2.45, 2.75) is 51.2 Å². The summed E-state index contributed by atoms with van der Waals surface area (Å²) in [7, 11) is 0. The number of amides is 2. The van der Waals surface area contributed by atoms with Crippen molar-refractivity contribution >= 4 is 17.8 Å². The number of nitrogens with zero attached hydrogens (tertiary/aromatic N) is 1. The number of carbonyl (C=O) groups excluding carboxylic acids is 3. The standard InChI is InChI=1S/C26H29NO6/c1-17(28)33-24-12-5-2-7-19(24)16-32-20-9-6-8-18(15-20)23(29)13-14-27-25(30)21-10-3-4-11-22(21)26(27)31/h3-4,6,8-11,15,19,23-24,29H,2,5,7,12-14,16H2,1H3/t19-,23-,24-/m1/s1. The van der Waals surface area contributed by atoms with E-state index in [2.05, 4.69) is 0 Å². The van der Waals surface area contributed by atoms with E-state index in [0.29, 0.717) is 29.0 Å². The molecule has 2 aliphatic rings. The largest absolute Gasteiger partial charge is 0.493 e. The summed E-state index contributed by atoms with van der Waals surface area (Å²) in [6.45, 7) is 2.00. The Morgan fingerprint density at radius 2 is 1.76 bits per heavy atom. The Hall–Kier alpha value is -3.19. The van der Waals surface area contributed by atoms with E-state index in [-0.39, 0.29) is 42.8 Å². The Labute approximate surface area is 193 Å². The van der Waals surface area contributed by atoms with E-state index in [0.717, 1.165) is 25.7 Å². The number of rotatable bonds is 8. The van der Waals surface area contributed by atoms with E-state index in [4.69, 9.17) is 9.47 Å². The Balaban J connectivity index is 1.33. The number of ether oxygens (including phenoxy) is 2. The van der Waals surface area contributed by atoms with Crippen LogP contribution < -0.4 is 4.74 Å². The van der Waals surface area contributed by atoms with Crippen LogP contribution in [-0.4, -0.2) is 47.0 Å². The number of benzene rings is 2. The van der Waals surface area contributed by atoms with E-state index in [1.807, 2.05) is 6.07 Å². The lowest BCUT2D eigenvalue weighted by Crippen LogP contribution is -2.33. The van der Waals surface area contributed by atoms with Crippen molar-refractivity contribution in [1.29, 1.82) is 0 Å².